The minimum atomic E-state index is -0.203. The fourth-order valence-corrected chi connectivity index (χ4v) is 2.61. The number of nitrogens with zero attached hydrogens (tertiary/aromatic N) is 3. The minimum Gasteiger partial charge on any atom is -0.492 e. The van der Waals surface area contributed by atoms with E-state index in [1.807, 2.05) is 61.7 Å². The molecule has 1 heterocycles. The molecule has 0 aliphatic carbocycles. The zero-order valence-corrected chi connectivity index (χ0v) is 16.7. The molecule has 2 amide bonds. The van der Waals surface area contributed by atoms with E-state index < -0.39 is 0 Å². The van der Waals surface area contributed by atoms with E-state index in [-0.39, 0.29) is 6.03 Å². The van der Waals surface area contributed by atoms with Gasteiger partial charge in [-0.3, -0.25) is 4.68 Å². The lowest BCUT2D eigenvalue weighted by Crippen LogP contribution is -2.34. The van der Waals surface area contributed by atoms with Crippen molar-refractivity contribution in [3.05, 3.63) is 72.6 Å². The molecule has 3 rings (SSSR count). The van der Waals surface area contributed by atoms with Gasteiger partial charge in [-0.05, 0) is 37.3 Å². The smallest absolute Gasteiger partial charge is 0.321 e. The Bertz CT molecular complexity index is 895. The van der Waals surface area contributed by atoms with Crippen molar-refractivity contribution >= 4 is 11.7 Å². The Morgan fingerprint density at radius 3 is 2.62 bits per heavy atom. The number of aromatic nitrogens is 2. The lowest BCUT2D eigenvalue weighted by atomic mass is 10.2. The summed E-state index contributed by atoms with van der Waals surface area (Å²) in [7, 11) is 1.73. The number of carbonyl (C=O) groups excluding carboxylic acids is 1. The highest BCUT2D eigenvalue weighted by Crippen LogP contribution is 2.18. The van der Waals surface area contributed by atoms with E-state index in [1.54, 1.807) is 28.9 Å². The molecule has 0 aliphatic rings. The zero-order valence-electron chi connectivity index (χ0n) is 16.7. The topological polar surface area (TPSA) is 68.6 Å². The van der Waals surface area contributed by atoms with Gasteiger partial charge in [0.25, 0.3) is 0 Å². The monoisotopic (exact) mass is 394 g/mol. The molecule has 152 valence electrons. The van der Waals surface area contributed by atoms with Crippen LogP contribution in [0.25, 0.3) is 0 Å². The Kier molecular flexibility index (Phi) is 7.10. The molecule has 0 saturated heterocycles. The number of carbonyl (C=O) groups is 1. The predicted molar refractivity (Wildman–Crippen MR) is 112 cm³/mol. The molecular weight excluding hydrogens is 368 g/mol. The molecule has 0 unspecified atom stereocenters. The summed E-state index contributed by atoms with van der Waals surface area (Å²) in [6.07, 6.45) is 3.62. The quantitative estimate of drug-likeness (QED) is 0.599. The van der Waals surface area contributed by atoms with Gasteiger partial charge in [-0.25, -0.2) is 4.79 Å². The van der Waals surface area contributed by atoms with E-state index in [0.29, 0.717) is 37.7 Å². The fourth-order valence-electron chi connectivity index (χ4n) is 2.61. The predicted octanol–water partition coefficient (Wildman–Crippen LogP) is 3.81. The first-order valence-corrected chi connectivity index (χ1v) is 9.52. The van der Waals surface area contributed by atoms with E-state index in [0.717, 1.165) is 5.75 Å². The Morgan fingerprint density at radius 1 is 1.07 bits per heavy atom. The molecule has 2 aromatic carbocycles. The first kappa shape index (κ1) is 20.3. The third-order valence-electron chi connectivity index (χ3n) is 4.30. The summed E-state index contributed by atoms with van der Waals surface area (Å²) in [6, 6.07) is 16.8. The number of hydrogen-bond donors (Lipinski definition) is 1. The molecule has 0 fully saturated rings. The van der Waals surface area contributed by atoms with Crippen LogP contribution in [0.3, 0.4) is 0 Å². The average Bonchev–Trinajstić information content (AvgIpc) is 3.23. The molecule has 1 aromatic heterocycles. The Morgan fingerprint density at radius 2 is 1.86 bits per heavy atom. The number of likely N-dealkylation sites (N-methyl/N-ethyl adjacent to an activating group) is 1. The molecule has 0 spiro atoms. The molecule has 0 atom stereocenters. The Balaban J connectivity index is 1.42. The highest BCUT2D eigenvalue weighted by atomic mass is 16.5. The molecule has 0 aliphatic heterocycles. The fraction of sp³-hybridized carbons (Fsp3) is 0.273. The summed E-state index contributed by atoms with van der Waals surface area (Å²) in [5.41, 5.74) is 1.86. The van der Waals surface area contributed by atoms with Crippen LogP contribution in [0, 0.1) is 6.92 Å². The van der Waals surface area contributed by atoms with Gasteiger partial charge in [0, 0.05) is 31.2 Å². The second-order valence-electron chi connectivity index (χ2n) is 6.66. The van der Waals surface area contributed by atoms with Crippen molar-refractivity contribution in [3.8, 4) is 11.5 Å². The summed E-state index contributed by atoms with van der Waals surface area (Å²) in [5.74, 6) is 1.49. The Labute approximate surface area is 170 Å². The van der Waals surface area contributed by atoms with Gasteiger partial charge in [0.05, 0.1) is 13.1 Å². The maximum absolute atomic E-state index is 12.4. The van der Waals surface area contributed by atoms with Crippen LogP contribution in [0.5, 0.6) is 11.5 Å². The lowest BCUT2D eigenvalue weighted by Gasteiger charge is -2.18. The van der Waals surface area contributed by atoms with E-state index in [1.165, 1.54) is 5.56 Å². The first-order valence-electron chi connectivity index (χ1n) is 9.52. The number of hydrogen-bond acceptors (Lipinski definition) is 4. The summed E-state index contributed by atoms with van der Waals surface area (Å²) >= 11 is 0. The summed E-state index contributed by atoms with van der Waals surface area (Å²) in [6.45, 7) is 4.08. The molecule has 29 heavy (non-hydrogen) atoms. The standard InChI is InChI=1S/C22H26N4O3/c1-18-7-9-20(10-8-18)28-15-13-25(2)22(27)24-19-5-3-6-21(17-19)29-16-14-26-12-4-11-23-26/h3-12,17H,13-16H2,1-2H3,(H,24,27). The molecule has 7 heteroatoms. The molecule has 1 N–H and O–H groups in total. The maximum Gasteiger partial charge on any atom is 0.321 e. The molecule has 3 aromatic rings. The third-order valence-corrected chi connectivity index (χ3v) is 4.30. The number of amides is 2. The van der Waals surface area contributed by atoms with Gasteiger partial charge in [-0.2, -0.15) is 5.10 Å². The van der Waals surface area contributed by atoms with Crippen LogP contribution in [-0.2, 0) is 6.54 Å². The van der Waals surface area contributed by atoms with Crippen molar-refractivity contribution in [2.75, 3.05) is 32.1 Å². The number of urea groups is 1. The summed E-state index contributed by atoms with van der Waals surface area (Å²) in [4.78, 5) is 14.0. The van der Waals surface area contributed by atoms with Crippen LogP contribution in [0.2, 0.25) is 0 Å². The van der Waals surface area contributed by atoms with Crippen LogP contribution in [0.4, 0.5) is 10.5 Å². The summed E-state index contributed by atoms with van der Waals surface area (Å²) in [5, 5.41) is 7.01. The maximum atomic E-state index is 12.4. The normalized spacial score (nSPS) is 10.4. The zero-order chi connectivity index (χ0) is 20.5. The number of ether oxygens (including phenoxy) is 2. The number of anilines is 1. The van der Waals surface area contributed by atoms with Crippen LogP contribution in [-0.4, -0.2) is 47.5 Å². The third kappa shape index (κ3) is 6.57. The SMILES string of the molecule is Cc1ccc(OCCN(C)C(=O)Nc2cccc(OCCn3cccn3)c2)cc1. The van der Waals surface area contributed by atoms with Crippen molar-refractivity contribution < 1.29 is 14.3 Å². The highest BCUT2D eigenvalue weighted by molar-refractivity contribution is 5.89. The molecule has 0 radical (unpaired) electrons. The molecule has 0 bridgehead atoms. The van der Waals surface area contributed by atoms with Gasteiger partial charge in [0.1, 0.15) is 24.7 Å². The first-order chi connectivity index (χ1) is 14.1. The lowest BCUT2D eigenvalue weighted by molar-refractivity contribution is 0.207. The highest BCUT2D eigenvalue weighted by Gasteiger charge is 2.09. The van der Waals surface area contributed by atoms with E-state index >= 15 is 0 Å². The molecule has 0 saturated carbocycles. The van der Waals surface area contributed by atoms with Gasteiger partial charge in [0.15, 0.2) is 0 Å². The van der Waals surface area contributed by atoms with Crippen LogP contribution < -0.4 is 14.8 Å². The van der Waals surface area contributed by atoms with E-state index in [9.17, 15) is 4.79 Å². The van der Waals surface area contributed by atoms with Crippen molar-refractivity contribution in [2.24, 2.45) is 0 Å². The van der Waals surface area contributed by atoms with Gasteiger partial charge in [0.2, 0.25) is 0 Å². The molecular formula is C22H26N4O3. The second-order valence-corrected chi connectivity index (χ2v) is 6.66. The van der Waals surface area contributed by atoms with Crippen molar-refractivity contribution in [2.45, 2.75) is 13.5 Å². The second kappa shape index (κ2) is 10.2. The van der Waals surface area contributed by atoms with Crippen LogP contribution in [0.15, 0.2) is 67.0 Å². The van der Waals surface area contributed by atoms with Gasteiger partial charge in [-0.15, -0.1) is 0 Å². The van der Waals surface area contributed by atoms with Crippen molar-refractivity contribution in [1.29, 1.82) is 0 Å². The van der Waals surface area contributed by atoms with Crippen LogP contribution in [0.1, 0.15) is 5.56 Å². The van der Waals surface area contributed by atoms with Gasteiger partial charge >= 0.3 is 6.03 Å². The number of nitrogens with one attached hydrogen (secondary N) is 1. The van der Waals surface area contributed by atoms with Crippen LogP contribution >= 0.6 is 0 Å². The van der Waals surface area contributed by atoms with Crippen molar-refractivity contribution in [1.82, 2.24) is 14.7 Å². The molecule has 7 nitrogen and oxygen atoms in total. The largest absolute Gasteiger partial charge is 0.492 e. The number of aryl methyl sites for hydroxylation is 1. The Hall–Kier alpha value is -3.48. The van der Waals surface area contributed by atoms with E-state index in [4.69, 9.17) is 9.47 Å². The van der Waals surface area contributed by atoms with Gasteiger partial charge in [-0.1, -0.05) is 23.8 Å². The van der Waals surface area contributed by atoms with E-state index in [2.05, 4.69) is 10.4 Å². The average molecular weight is 394 g/mol. The summed E-state index contributed by atoms with van der Waals surface area (Å²) < 4.78 is 13.2. The minimum absolute atomic E-state index is 0.203. The van der Waals surface area contributed by atoms with Gasteiger partial charge < -0.3 is 19.7 Å². The van der Waals surface area contributed by atoms with Crippen molar-refractivity contribution in [3.63, 3.8) is 0 Å². The number of rotatable bonds is 9. The number of benzene rings is 2.